The average molecular weight is 447 g/mol. The molecule has 1 fully saturated rings. The van der Waals surface area contributed by atoms with Crippen LogP contribution in [-0.4, -0.2) is 33.9 Å². The highest BCUT2D eigenvalue weighted by Crippen LogP contribution is 2.35. The van der Waals surface area contributed by atoms with Gasteiger partial charge in [0.05, 0.1) is 17.6 Å². The van der Waals surface area contributed by atoms with Crippen molar-refractivity contribution < 1.29 is 22.3 Å². The van der Waals surface area contributed by atoms with Gasteiger partial charge < -0.3 is 9.30 Å². The first-order valence-electron chi connectivity index (χ1n) is 11.0. The third kappa shape index (κ3) is 4.20. The highest BCUT2D eigenvalue weighted by Gasteiger charge is 2.31. The number of ether oxygens (including phenoxy) is 1. The summed E-state index contributed by atoms with van der Waals surface area (Å²) in [5, 5.41) is 0. The SMILES string of the molecule is CC1CCc2cc(F)cc3nc(CN4CCC(c5ccc(OC(F)(F)F)cc5)CC4)n1c23. The minimum absolute atomic E-state index is 0.191. The fraction of sp³-hybridized carbons (Fsp3) is 0.458. The normalized spacial score (nSPS) is 20.1. The van der Waals surface area contributed by atoms with Gasteiger partial charge in [-0.05, 0) is 80.9 Å². The summed E-state index contributed by atoms with van der Waals surface area (Å²) in [6.45, 7) is 4.66. The van der Waals surface area contributed by atoms with Crippen LogP contribution in [0.15, 0.2) is 36.4 Å². The summed E-state index contributed by atoms with van der Waals surface area (Å²) in [6, 6.07) is 9.71. The first kappa shape index (κ1) is 21.2. The first-order valence-corrected chi connectivity index (χ1v) is 11.0. The van der Waals surface area contributed by atoms with Crippen molar-refractivity contribution in [3.05, 3.63) is 59.2 Å². The first-order chi connectivity index (χ1) is 15.3. The maximum Gasteiger partial charge on any atom is 0.573 e. The molecule has 2 aliphatic rings. The van der Waals surface area contributed by atoms with E-state index < -0.39 is 6.36 Å². The fourth-order valence-corrected chi connectivity index (χ4v) is 5.16. The number of aromatic nitrogens is 2. The van der Waals surface area contributed by atoms with Gasteiger partial charge >= 0.3 is 6.36 Å². The lowest BCUT2D eigenvalue weighted by atomic mass is 9.89. The van der Waals surface area contributed by atoms with Crippen molar-refractivity contribution in [2.24, 2.45) is 0 Å². The lowest BCUT2D eigenvalue weighted by Gasteiger charge is -2.33. The van der Waals surface area contributed by atoms with Crippen molar-refractivity contribution in [3.8, 4) is 5.75 Å². The fourth-order valence-electron chi connectivity index (χ4n) is 5.16. The van der Waals surface area contributed by atoms with E-state index in [4.69, 9.17) is 4.98 Å². The second kappa shape index (κ2) is 8.06. The Balaban J connectivity index is 1.27. The summed E-state index contributed by atoms with van der Waals surface area (Å²) in [6.07, 6.45) is -0.970. The van der Waals surface area contributed by atoms with Gasteiger partial charge in [-0.15, -0.1) is 13.2 Å². The predicted molar refractivity (Wildman–Crippen MR) is 113 cm³/mol. The predicted octanol–water partition coefficient (Wildman–Crippen LogP) is 5.96. The van der Waals surface area contributed by atoms with Crippen molar-refractivity contribution in [3.63, 3.8) is 0 Å². The third-order valence-corrected chi connectivity index (χ3v) is 6.71. The molecule has 170 valence electrons. The molecule has 0 aliphatic carbocycles. The number of likely N-dealkylation sites (tertiary alicyclic amines) is 1. The molecule has 0 spiro atoms. The number of halogens is 4. The molecule has 0 amide bonds. The van der Waals surface area contributed by atoms with Crippen molar-refractivity contribution in [2.75, 3.05) is 13.1 Å². The summed E-state index contributed by atoms with van der Waals surface area (Å²) in [4.78, 5) is 7.14. The van der Waals surface area contributed by atoms with Gasteiger partial charge in [-0.1, -0.05) is 12.1 Å². The van der Waals surface area contributed by atoms with Crippen molar-refractivity contribution in [1.82, 2.24) is 14.5 Å². The largest absolute Gasteiger partial charge is 0.573 e. The maximum atomic E-state index is 14.0. The lowest BCUT2D eigenvalue weighted by Crippen LogP contribution is -2.33. The molecule has 0 radical (unpaired) electrons. The van der Waals surface area contributed by atoms with E-state index in [2.05, 4.69) is 21.1 Å². The molecule has 1 saturated heterocycles. The van der Waals surface area contributed by atoms with Crippen LogP contribution in [0.4, 0.5) is 17.6 Å². The minimum Gasteiger partial charge on any atom is -0.406 e. The summed E-state index contributed by atoms with van der Waals surface area (Å²) < 4.78 is 57.3. The van der Waals surface area contributed by atoms with E-state index in [1.807, 2.05) is 0 Å². The van der Waals surface area contributed by atoms with Crippen LogP contribution < -0.4 is 4.74 Å². The molecule has 4 nitrogen and oxygen atoms in total. The second-order valence-corrected chi connectivity index (χ2v) is 8.89. The zero-order chi connectivity index (χ0) is 22.5. The lowest BCUT2D eigenvalue weighted by molar-refractivity contribution is -0.274. The number of hydrogen-bond acceptors (Lipinski definition) is 3. The quantitative estimate of drug-likeness (QED) is 0.462. The van der Waals surface area contributed by atoms with Gasteiger partial charge in [0.15, 0.2) is 0 Å². The van der Waals surface area contributed by atoms with Crippen molar-refractivity contribution >= 4 is 11.0 Å². The van der Waals surface area contributed by atoms with Gasteiger partial charge in [-0.25, -0.2) is 9.37 Å². The van der Waals surface area contributed by atoms with E-state index in [0.717, 1.165) is 66.8 Å². The third-order valence-electron chi connectivity index (χ3n) is 6.71. The molecule has 5 rings (SSSR count). The minimum atomic E-state index is -4.67. The number of nitrogens with zero attached hydrogens (tertiary/aromatic N) is 3. The number of benzene rings is 2. The van der Waals surface area contributed by atoms with Gasteiger partial charge in [0, 0.05) is 12.1 Å². The number of aryl methyl sites for hydroxylation is 1. The number of hydrogen-bond donors (Lipinski definition) is 0. The Bertz CT molecular complexity index is 1110. The molecule has 1 unspecified atom stereocenters. The van der Waals surface area contributed by atoms with Gasteiger partial charge in [-0.3, -0.25) is 4.90 Å². The number of alkyl halides is 3. The Hall–Kier alpha value is -2.61. The van der Waals surface area contributed by atoms with Crippen molar-refractivity contribution in [1.29, 1.82) is 0 Å². The molecule has 3 aromatic rings. The smallest absolute Gasteiger partial charge is 0.406 e. The maximum absolute atomic E-state index is 14.0. The van der Waals surface area contributed by atoms with E-state index in [1.54, 1.807) is 18.2 Å². The van der Waals surface area contributed by atoms with Crippen LogP contribution in [0.5, 0.6) is 5.75 Å². The standard InChI is InChI=1S/C24H25F4N3O/c1-15-2-3-18-12-19(25)13-21-23(18)31(15)22(29-21)14-30-10-8-17(9-11-30)16-4-6-20(7-5-16)32-24(26,27)28/h4-7,12-13,15,17H,2-3,8-11,14H2,1H3. The molecule has 0 bridgehead atoms. The molecule has 3 heterocycles. The summed E-state index contributed by atoms with van der Waals surface area (Å²) >= 11 is 0. The zero-order valence-electron chi connectivity index (χ0n) is 17.8. The molecule has 0 N–H and O–H groups in total. The highest BCUT2D eigenvalue weighted by molar-refractivity contribution is 5.80. The van der Waals surface area contributed by atoms with Crippen LogP contribution in [0.3, 0.4) is 0 Å². The second-order valence-electron chi connectivity index (χ2n) is 8.89. The van der Waals surface area contributed by atoms with Crippen molar-refractivity contribution in [2.45, 2.75) is 57.5 Å². The van der Waals surface area contributed by atoms with E-state index in [-0.39, 0.29) is 11.6 Å². The average Bonchev–Trinajstić information content (AvgIpc) is 3.09. The highest BCUT2D eigenvalue weighted by atomic mass is 19.4. The van der Waals surface area contributed by atoms with Gasteiger partial charge in [-0.2, -0.15) is 0 Å². The van der Waals surface area contributed by atoms with E-state index in [9.17, 15) is 17.6 Å². The van der Waals surface area contributed by atoms with Crippen LogP contribution in [0.25, 0.3) is 11.0 Å². The number of piperidine rings is 1. The van der Waals surface area contributed by atoms with E-state index >= 15 is 0 Å². The summed E-state index contributed by atoms with van der Waals surface area (Å²) in [5.41, 5.74) is 3.87. The van der Waals surface area contributed by atoms with E-state index in [1.165, 1.54) is 18.2 Å². The zero-order valence-corrected chi connectivity index (χ0v) is 17.8. The van der Waals surface area contributed by atoms with Crippen LogP contribution in [0.1, 0.15) is 55.1 Å². The molecular weight excluding hydrogens is 422 g/mol. The van der Waals surface area contributed by atoms with Gasteiger partial charge in [0.25, 0.3) is 0 Å². The number of rotatable bonds is 4. The molecule has 8 heteroatoms. The van der Waals surface area contributed by atoms with Gasteiger partial charge in [0.2, 0.25) is 0 Å². The van der Waals surface area contributed by atoms with Gasteiger partial charge in [0.1, 0.15) is 17.4 Å². The summed E-state index contributed by atoms with van der Waals surface area (Å²) in [7, 11) is 0. The Morgan fingerprint density at radius 2 is 1.78 bits per heavy atom. The molecular formula is C24H25F4N3O. The van der Waals surface area contributed by atoms with Crippen LogP contribution >= 0.6 is 0 Å². The van der Waals surface area contributed by atoms with E-state index in [0.29, 0.717) is 18.5 Å². The topological polar surface area (TPSA) is 30.3 Å². The number of imidazole rings is 1. The summed E-state index contributed by atoms with van der Waals surface area (Å²) in [5.74, 6) is 0.865. The van der Waals surface area contributed by atoms with Crippen LogP contribution in [-0.2, 0) is 13.0 Å². The Labute approximate surface area is 183 Å². The molecule has 32 heavy (non-hydrogen) atoms. The van der Waals surface area contributed by atoms with Crippen LogP contribution in [0, 0.1) is 5.82 Å². The Kier molecular flexibility index (Phi) is 5.35. The Morgan fingerprint density at radius 1 is 1.06 bits per heavy atom. The Morgan fingerprint density at radius 3 is 2.47 bits per heavy atom. The molecule has 1 atom stereocenters. The molecule has 2 aromatic carbocycles. The molecule has 1 aromatic heterocycles. The molecule has 0 saturated carbocycles. The molecule has 2 aliphatic heterocycles. The van der Waals surface area contributed by atoms with Crippen LogP contribution in [0.2, 0.25) is 0 Å². The monoisotopic (exact) mass is 447 g/mol.